The molecule has 0 aromatic rings. The third-order valence-electron chi connectivity index (χ3n) is 14.2. The summed E-state index contributed by atoms with van der Waals surface area (Å²) in [6.45, 7) is 4.53. The number of aliphatic carboxylic acids is 1. The van der Waals surface area contributed by atoms with Gasteiger partial charge in [0.1, 0.15) is 13.2 Å². The van der Waals surface area contributed by atoms with Crippen LogP contribution in [0.15, 0.2) is 122 Å². The number of hydrogen-bond donors (Lipinski definition) is 0. The Hall–Kier alpha value is -4.31. The zero-order valence-electron chi connectivity index (χ0n) is 54.0. The monoisotopic (exact) mass is 1160 g/mol. The summed E-state index contributed by atoms with van der Waals surface area (Å²) in [6, 6.07) is 0. The Labute approximate surface area is 510 Å². The van der Waals surface area contributed by atoms with E-state index in [0.717, 1.165) is 109 Å². The minimum atomic E-state index is -1.63. The van der Waals surface area contributed by atoms with Gasteiger partial charge in [-0.25, -0.2) is 0 Å². The molecular formula is C74H125NO8. The Morgan fingerprint density at radius 1 is 0.361 bits per heavy atom. The van der Waals surface area contributed by atoms with Gasteiger partial charge in [0.05, 0.1) is 40.3 Å². The van der Waals surface area contributed by atoms with E-state index in [4.69, 9.17) is 18.9 Å². The van der Waals surface area contributed by atoms with E-state index in [1.807, 2.05) is 21.1 Å². The lowest BCUT2D eigenvalue weighted by Gasteiger charge is -2.26. The highest BCUT2D eigenvalue weighted by molar-refractivity contribution is 5.70. The highest BCUT2D eigenvalue weighted by atomic mass is 16.7. The maximum atomic E-state index is 12.9. The fourth-order valence-corrected chi connectivity index (χ4v) is 9.12. The number of rotatable bonds is 61. The van der Waals surface area contributed by atoms with E-state index < -0.39 is 24.3 Å². The number of hydrogen-bond acceptors (Lipinski definition) is 8. The fourth-order valence-electron chi connectivity index (χ4n) is 9.12. The number of allylic oxidation sites excluding steroid dienone is 20. The van der Waals surface area contributed by atoms with E-state index in [1.165, 1.54) is 128 Å². The SMILES string of the molecule is CC/C=C\C/C=C\C/C=C\C/C=C\C/C=C\C/C=C\CCCCCCCCCCCCC(=O)OC(COC(=O)CCCCCCCCCCCCCCCCCC/C=C\C/C=C\C/C=C\C/C=C\CC)COC(OCC[N+](C)(C)C)C(=O)[O-]. The molecule has 0 aliphatic carbocycles. The van der Waals surface area contributed by atoms with Gasteiger partial charge in [-0.1, -0.05) is 277 Å². The van der Waals surface area contributed by atoms with Crippen molar-refractivity contribution in [1.82, 2.24) is 0 Å². The van der Waals surface area contributed by atoms with Crippen molar-refractivity contribution < 1.29 is 42.9 Å². The molecule has 83 heavy (non-hydrogen) atoms. The van der Waals surface area contributed by atoms with Crippen molar-refractivity contribution in [2.75, 3.05) is 47.5 Å². The summed E-state index contributed by atoms with van der Waals surface area (Å²) in [4.78, 5) is 37.5. The van der Waals surface area contributed by atoms with Crippen molar-refractivity contribution in [3.05, 3.63) is 122 Å². The number of unbranched alkanes of at least 4 members (excludes halogenated alkanes) is 26. The molecular weight excluding hydrogens is 1030 g/mol. The van der Waals surface area contributed by atoms with Crippen LogP contribution >= 0.6 is 0 Å². The maximum absolute atomic E-state index is 12.9. The molecule has 0 heterocycles. The molecule has 9 nitrogen and oxygen atoms in total. The van der Waals surface area contributed by atoms with E-state index in [0.29, 0.717) is 17.4 Å². The number of quaternary nitrogens is 1. The summed E-state index contributed by atoms with van der Waals surface area (Å²) >= 11 is 0. The topological polar surface area (TPSA) is 111 Å². The van der Waals surface area contributed by atoms with Crippen LogP contribution in [0.25, 0.3) is 0 Å². The van der Waals surface area contributed by atoms with Crippen LogP contribution < -0.4 is 5.11 Å². The number of carboxylic acids is 1. The average Bonchev–Trinajstić information content (AvgIpc) is 3.46. The molecule has 0 saturated heterocycles. The summed E-state index contributed by atoms with van der Waals surface area (Å²) in [6.07, 6.45) is 86.9. The highest BCUT2D eigenvalue weighted by Gasteiger charge is 2.22. The molecule has 0 amide bonds. The minimum absolute atomic E-state index is 0.142. The first kappa shape index (κ1) is 78.7. The first-order valence-electron chi connectivity index (χ1n) is 33.7. The molecule has 474 valence electrons. The van der Waals surface area contributed by atoms with Crippen LogP contribution in [0.2, 0.25) is 0 Å². The lowest BCUT2D eigenvalue weighted by molar-refractivity contribution is -0.870. The number of carboxylic acid groups (broad SMARTS) is 1. The molecule has 0 spiro atoms. The minimum Gasteiger partial charge on any atom is -0.545 e. The van der Waals surface area contributed by atoms with Crippen molar-refractivity contribution in [3.8, 4) is 0 Å². The van der Waals surface area contributed by atoms with E-state index in [-0.39, 0.29) is 38.6 Å². The van der Waals surface area contributed by atoms with Crippen LogP contribution in [0.1, 0.15) is 271 Å². The molecule has 0 saturated carbocycles. The van der Waals surface area contributed by atoms with Gasteiger partial charge in [-0.3, -0.25) is 9.59 Å². The zero-order chi connectivity index (χ0) is 60.5. The second-order valence-electron chi connectivity index (χ2n) is 23.3. The molecule has 0 aromatic carbocycles. The van der Waals surface area contributed by atoms with Gasteiger partial charge >= 0.3 is 11.9 Å². The highest BCUT2D eigenvalue weighted by Crippen LogP contribution is 2.17. The molecule has 0 radical (unpaired) electrons. The lowest BCUT2D eigenvalue weighted by atomic mass is 10.0. The molecule has 2 unspecified atom stereocenters. The summed E-state index contributed by atoms with van der Waals surface area (Å²) in [5.74, 6) is -2.29. The summed E-state index contributed by atoms with van der Waals surface area (Å²) < 4.78 is 22.8. The fraction of sp³-hybridized carbons (Fsp3) is 0.689. The first-order chi connectivity index (χ1) is 40.6. The number of nitrogens with zero attached hydrogens (tertiary/aromatic N) is 1. The van der Waals surface area contributed by atoms with Crippen molar-refractivity contribution in [2.45, 2.75) is 283 Å². The van der Waals surface area contributed by atoms with Crippen molar-refractivity contribution >= 4 is 17.9 Å². The molecule has 0 aliphatic heterocycles. The molecule has 0 N–H and O–H groups in total. The van der Waals surface area contributed by atoms with Gasteiger partial charge in [-0.2, -0.15) is 0 Å². The average molecular weight is 1160 g/mol. The normalized spacial score (nSPS) is 13.5. The number of ether oxygens (including phenoxy) is 4. The third-order valence-corrected chi connectivity index (χ3v) is 14.2. The Morgan fingerprint density at radius 3 is 0.964 bits per heavy atom. The van der Waals surface area contributed by atoms with Gasteiger partial charge in [0.2, 0.25) is 0 Å². The quantitative estimate of drug-likeness (QED) is 0.0195. The summed E-state index contributed by atoms with van der Waals surface area (Å²) in [5, 5.41) is 11.8. The second-order valence-corrected chi connectivity index (χ2v) is 23.3. The van der Waals surface area contributed by atoms with Crippen LogP contribution in [0.5, 0.6) is 0 Å². The van der Waals surface area contributed by atoms with Crippen molar-refractivity contribution in [1.29, 1.82) is 0 Å². The van der Waals surface area contributed by atoms with Gasteiger partial charge in [0.15, 0.2) is 12.4 Å². The van der Waals surface area contributed by atoms with Gasteiger partial charge in [0, 0.05) is 12.8 Å². The molecule has 0 aliphatic rings. The van der Waals surface area contributed by atoms with Crippen molar-refractivity contribution in [3.63, 3.8) is 0 Å². The maximum Gasteiger partial charge on any atom is 0.306 e. The van der Waals surface area contributed by atoms with E-state index in [1.54, 1.807) is 0 Å². The van der Waals surface area contributed by atoms with Crippen LogP contribution in [0, 0.1) is 0 Å². The summed E-state index contributed by atoms with van der Waals surface area (Å²) in [5.41, 5.74) is 0. The van der Waals surface area contributed by atoms with Crippen LogP contribution in [-0.4, -0.2) is 82.3 Å². The van der Waals surface area contributed by atoms with Gasteiger partial charge < -0.3 is 33.3 Å². The van der Waals surface area contributed by atoms with Gasteiger partial charge in [-0.05, 0) is 103 Å². The predicted molar refractivity (Wildman–Crippen MR) is 352 cm³/mol. The van der Waals surface area contributed by atoms with Crippen molar-refractivity contribution in [2.24, 2.45) is 0 Å². The first-order valence-corrected chi connectivity index (χ1v) is 33.7. The Bertz CT molecular complexity index is 1780. The second kappa shape index (κ2) is 63.7. The predicted octanol–water partition coefficient (Wildman–Crippen LogP) is 19.5. The zero-order valence-corrected chi connectivity index (χ0v) is 54.0. The largest absolute Gasteiger partial charge is 0.545 e. The Morgan fingerprint density at radius 2 is 0.651 bits per heavy atom. The van der Waals surface area contributed by atoms with E-state index in [9.17, 15) is 19.5 Å². The lowest BCUT2D eigenvalue weighted by Crippen LogP contribution is -2.44. The smallest absolute Gasteiger partial charge is 0.306 e. The van der Waals surface area contributed by atoms with Gasteiger partial charge in [-0.15, -0.1) is 0 Å². The molecule has 9 heteroatoms. The molecule has 0 rings (SSSR count). The number of likely N-dealkylation sites (N-methyl/N-ethyl adjacent to an activating group) is 1. The van der Waals surface area contributed by atoms with Crippen LogP contribution in [-0.2, 0) is 33.3 Å². The van der Waals surface area contributed by atoms with E-state index >= 15 is 0 Å². The molecule has 0 aromatic heterocycles. The summed E-state index contributed by atoms with van der Waals surface area (Å²) in [7, 11) is 5.92. The number of carbonyl (C=O) groups is 3. The Kier molecular flexibility index (Phi) is 60.4. The molecule has 0 bridgehead atoms. The van der Waals surface area contributed by atoms with Crippen LogP contribution in [0.4, 0.5) is 0 Å². The van der Waals surface area contributed by atoms with E-state index in [2.05, 4.69) is 135 Å². The number of carbonyl (C=O) groups excluding carboxylic acids is 3. The molecule has 2 atom stereocenters. The third kappa shape index (κ3) is 65.1. The van der Waals surface area contributed by atoms with Gasteiger partial charge in [0.25, 0.3) is 0 Å². The standard InChI is InChI=1S/C74H125NO8/c1-6-8-10-12-14-16-18-20-22-24-26-28-30-32-34-36-38-40-42-44-46-48-50-52-54-56-58-60-62-64-71(76)81-68-70(69-82-74(73(78)79)80-67-66-75(3,4)5)83-72(77)65-63-61-59-57-55-53-51-49-47-45-43-41-39-37-35-33-31-29-27-25-23-21-19-17-15-13-11-9-7-2/h8-11,14-17,20-23,26-29,33,35,39,41,70,74H,6-7,12-13,18-19,24-25,30-32,34,36-38,40,42-69H2,1-5H3/b10-8-,11-9-,16-14-,17-15-,22-20-,23-21-,28-26-,29-27-,35-33-,41-39-. The van der Waals surface area contributed by atoms with Crippen LogP contribution in [0.3, 0.4) is 0 Å². The Balaban J connectivity index is 4.17. The number of esters is 2. The molecule has 0 fully saturated rings.